The number of aromatic nitrogens is 1. The molecule has 4 aromatic rings. The average Bonchev–Trinajstić information content (AvgIpc) is 3.31. The fourth-order valence-electron chi connectivity index (χ4n) is 4.81. The number of piperazine rings is 1. The number of methoxy groups -OCH3 is 1. The second-order valence-corrected chi connectivity index (χ2v) is 9.37. The van der Waals surface area contributed by atoms with Gasteiger partial charge >= 0.3 is 0 Å². The Bertz CT molecular complexity index is 1360. The van der Waals surface area contributed by atoms with E-state index in [1.54, 1.807) is 7.11 Å². The van der Waals surface area contributed by atoms with Crippen molar-refractivity contribution >= 4 is 22.7 Å². The topological polar surface area (TPSA) is 66.8 Å². The van der Waals surface area contributed by atoms with Gasteiger partial charge in [0.05, 0.1) is 19.2 Å². The smallest absolute Gasteiger partial charge is 0.256 e. The zero-order valence-corrected chi connectivity index (χ0v) is 21.1. The molecule has 5 rings (SSSR count). The van der Waals surface area contributed by atoms with Crippen molar-refractivity contribution in [3.63, 3.8) is 0 Å². The summed E-state index contributed by atoms with van der Waals surface area (Å²) >= 11 is 0. The van der Waals surface area contributed by atoms with E-state index >= 15 is 0 Å². The minimum absolute atomic E-state index is 0.0143. The van der Waals surface area contributed by atoms with Crippen molar-refractivity contribution in [3.8, 4) is 5.75 Å². The van der Waals surface area contributed by atoms with Crippen LogP contribution in [0.1, 0.15) is 21.5 Å². The van der Waals surface area contributed by atoms with Gasteiger partial charge in [0, 0.05) is 56.4 Å². The van der Waals surface area contributed by atoms with E-state index in [0.717, 1.165) is 27.8 Å². The Morgan fingerprint density at radius 2 is 1.54 bits per heavy atom. The normalized spacial score (nSPS) is 14.0. The first-order valence-corrected chi connectivity index (χ1v) is 12.6. The van der Waals surface area contributed by atoms with Crippen LogP contribution in [0.25, 0.3) is 10.9 Å². The predicted octanol–water partition coefficient (Wildman–Crippen LogP) is 3.77. The zero-order valence-electron chi connectivity index (χ0n) is 21.1. The Kier molecular flexibility index (Phi) is 7.51. The van der Waals surface area contributed by atoms with Crippen LogP contribution in [-0.4, -0.2) is 66.0 Å². The molecule has 0 aliphatic carbocycles. The van der Waals surface area contributed by atoms with Crippen LogP contribution in [-0.2, 0) is 17.9 Å². The number of para-hydroxylation sites is 1. The fourth-order valence-corrected chi connectivity index (χ4v) is 4.81. The summed E-state index contributed by atoms with van der Waals surface area (Å²) in [5.74, 6) is 0.828. The molecule has 0 radical (unpaired) electrons. The van der Waals surface area contributed by atoms with E-state index in [0.29, 0.717) is 45.8 Å². The Labute approximate surface area is 217 Å². The maximum absolute atomic E-state index is 13.5. The predicted molar refractivity (Wildman–Crippen MR) is 145 cm³/mol. The molecule has 190 valence electrons. The lowest BCUT2D eigenvalue weighted by Gasteiger charge is -2.34. The molecule has 7 heteroatoms. The molecule has 1 saturated heterocycles. The van der Waals surface area contributed by atoms with Gasteiger partial charge in [-0.3, -0.25) is 14.5 Å². The van der Waals surface area contributed by atoms with Crippen LogP contribution in [0.4, 0.5) is 0 Å². The van der Waals surface area contributed by atoms with Gasteiger partial charge in [-0.1, -0.05) is 60.7 Å². The Hall–Kier alpha value is -4.10. The third-order valence-electron chi connectivity index (χ3n) is 6.89. The molecule has 0 atom stereocenters. The number of ether oxygens (including phenoxy) is 1. The van der Waals surface area contributed by atoms with Gasteiger partial charge in [0.25, 0.3) is 5.91 Å². The van der Waals surface area contributed by atoms with Crippen LogP contribution in [0.2, 0.25) is 0 Å². The third kappa shape index (κ3) is 5.84. The third-order valence-corrected chi connectivity index (χ3v) is 6.89. The molecule has 1 aliphatic rings. The minimum Gasteiger partial charge on any atom is -0.497 e. The highest BCUT2D eigenvalue weighted by Gasteiger charge is 2.25. The summed E-state index contributed by atoms with van der Waals surface area (Å²) in [5.41, 5.74) is 4.01. The first-order chi connectivity index (χ1) is 18.1. The molecule has 1 N–H and O–H groups in total. The van der Waals surface area contributed by atoms with Gasteiger partial charge in [-0.05, 0) is 29.3 Å². The summed E-state index contributed by atoms with van der Waals surface area (Å²) in [4.78, 5) is 30.0. The van der Waals surface area contributed by atoms with Gasteiger partial charge in [0.15, 0.2) is 0 Å². The molecule has 0 spiro atoms. The van der Waals surface area contributed by atoms with Crippen LogP contribution in [0.3, 0.4) is 0 Å². The van der Waals surface area contributed by atoms with Gasteiger partial charge in [-0.2, -0.15) is 0 Å². The number of carbonyl (C=O) groups is 2. The minimum atomic E-state index is -0.0143. The van der Waals surface area contributed by atoms with Gasteiger partial charge in [0.1, 0.15) is 5.75 Å². The highest BCUT2D eigenvalue weighted by atomic mass is 16.5. The molecule has 0 bridgehead atoms. The SMILES string of the molecule is COc1ccc(CNC(=O)CN2CCN(C(=O)c3cn(Cc4ccccc4)c4ccccc34)CC2)cc1. The monoisotopic (exact) mass is 496 g/mol. The molecule has 2 amide bonds. The van der Waals surface area contributed by atoms with E-state index in [4.69, 9.17) is 4.74 Å². The second-order valence-electron chi connectivity index (χ2n) is 9.37. The number of nitrogens with zero attached hydrogens (tertiary/aromatic N) is 3. The molecule has 1 aliphatic heterocycles. The van der Waals surface area contributed by atoms with Gasteiger partial charge in [0.2, 0.25) is 5.91 Å². The number of nitrogens with one attached hydrogen (secondary N) is 1. The standard InChI is InChI=1S/C30H32N4O3/c1-37-25-13-11-23(12-14-25)19-31-29(35)22-32-15-17-33(18-16-32)30(36)27-21-34(20-24-7-3-2-4-8-24)28-10-6-5-9-26(27)28/h2-14,21H,15-20,22H2,1H3,(H,31,35). The summed E-state index contributed by atoms with van der Waals surface area (Å²) in [6.45, 7) is 4.07. The first-order valence-electron chi connectivity index (χ1n) is 12.6. The number of hydrogen-bond donors (Lipinski definition) is 1. The molecule has 1 aromatic heterocycles. The molecule has 2 heterocycles. The molecule has 37 heavy (non-hydrogen) atoms. The van der Waals surface area contributed by atoms with Crippen molar-refractivity contribution < 1.29 is 14.3 Å². The molecule has 1 fully saturated rings. The molecule has 0 saturated carbocycles. The van der Waals surface area contributed by atoms with Crippen molar-refractivity contribution in [2.45, 2.75) is 13.1 Å². The lowest BCUT2D eigenvalue weighted by molar-refractivity contribution is -0.122. The van der Waals surface area contributed by atoms with Crippen LogP contribution in [0.5, 0.6) is 5.75 Å². The van der Waals surface area contributed by atoms with Gasteiger partial charge in [-0.25, -0.2) is 0 Å². The van der Waals surface area contributed by atoms with E-state index in [2.05, 4.69) is 33.0 Å². The number of rotatable bonds is 8. The van der Waals surface area contributed by atoms with E-state index in [1.165, 1.54) is 5.56 Å². The maximum atomic E-state index is 13.5. The highest BCUT2D eigenvalue weighted by molar-refractivity contribution is 6.07. The van der Waals surface area contributed by atoms with E-state index < -0.39 is 0 Å². The van der Waals surface area contributed by atoms with E-state index in [9.17, 15) is 9.59 Å². The molecular formula is C30H32N4O3. The summed E-state index contributed by atoms with van der Waals surface area (Å²) in [5, 5.41) is 3.96. The Morgan fingerprint density at radius 1 is 0.838 bits per heavy atom. The van der Waals surface area contributed by atoms with Gasteiger partial charge < -0.3 is 19.5 Å². The van der Waals surface area contributed by atoms with Crippen LogP contribution >= 0.6 is 0 Å². The van der Waals surface area contributed by atoms with Gasteiger partial charge in [-0.15, -0.1) is 0 Å². The van der Waals surface area contributed by atoms with Crippen molar-refractivity contribution in [1.82, 2.24) is 19.7 Å². The number of benzene rings is 3. The average molecular weight is 497 g/mol. The summed E-state index contributed by atoms with van der Waals surface area (Å²) < 4.78 is 7.33. The number of fused-ring (bicyclic) bond motifs is 1. The molecule has 7 nitrogen and oxygen atoms in total. The Balaban J connectivity index is 1.17. The number of hydrogen-bond acceptors (Lipinski definition) is 4. The van der Waals surface area contributed by atoms with Crippen LogP contribution in [0.15, 0.2) is 85.1 Å². The molecule has 0 unspecified atom stereocenters. The largest absolute Gasteiger partial charge is 0.497 e. The quantitative estimate of drug-likeness (QED) is 0.403. The molecule has 3 aromatic carbocycles. The lowest BCUT2D eigenvalue weighted by atomic mass is 10.1. The van der Waals surface area contributed by atoms with Crippen molar-refractivity contribution in [2.24, 2.45) is 0 Å². The van der Waals surface area contributed by atoms with Crippen molar-refractivity contribution in [2.75, 3.05) is 39.8 Å². The van der Waals surface area contributed by atoms with Crippen LogP contribution < -0.4 is 10.1 Å². The van der Waals surface area contributed by atoms with E-state index in [1.807, 2.05) is 71.8 Å². The van der Waals surface area contributed by atoms with Crippen molar-refractivity contribution in [1.29, 1.82) is 0 Å². The fraction of sp³-hybridized carbons (Fsp3) is 0.267. The number of carbonyl (C=O) groups excluding carboxylic acids is 2. The summed E-state index contributed by atoms with van der Waals surface area (Å²) in [7, 11) is 1.63. The van der Waals surface area contributed by atoms with Crippen LogP contribution in [0, 0.1) is 0 Å². The second kappa shape index (κ2) is 11.3. The Morgan fingerprint density at radius 3 is 2.27 bits per heavy atom. The summed E-state index contributed by atoms with van der Waals surface area (Å²) in [6.07, 6.45) is 1.99. The summed E-state index contributed by atoms with van der Waals surface area (Å²) in [6, 6.07) is 26.0. The first kappa shape index (κ1) is 24.6. The maximum Gasteiger partial charge on any atom is 0.256 e. The highest BCUT2D eigenvalue weighted by Crippen LogP contribution is 2.24. The molecular weight excluding hydrogens is 464 g/mol. The lowest BCUT2D eigenvalue weighted by Crippen LogP contribution is -2.51. The van der Waals surface area contributed by atoms with E-state index in [-0.39, 0.29) is 11.8 Å². The zero-order chi connectivity index (χ0) is 25.6. The number of amides is 2. The van der Waals surface area contributed by atoms with Crippen molar-refractivity contribution in [3.05, 3.63) is 102 Å².